The van der Waals surface area contributed by atoms with Gasteiger partial charge < -0.3 is 9.88 Å². The van der Waals surface area contributed by atoms with Gasteiger partial charge in [-0.2, -0.15) is 0 Å². The van der Waals surface area contributed by atoms with Crippen molar-refractivity contribution in [3.63, 3.8) is 0 Å². The molecule has 0 atom stereocenters. The fourth-order valence-corrected chi connectivity index (χ4v) is 4.15. The number of benzene rings is 2. The molecule has 4 aromatic rings. The first-order valence-corrected chi connectivity index (χ1v) is 10.8. The van der Waals surface area contributed by atoms with Crippen molar-refractivity contribution < 1.29 is 4.79 Å². The number of aromatic nitrogens is 3. The zero-order chi connectivity index (χ0) is 21.1. The second kappa shape index (κ2) is 8.77. The Labute approximate surface area is 182 Å². The third-order valence-electron chi connectivity index (χ3n) is 4.58. The molecule has 0 radical (unpaired) electrons. The van der Waals surface area contributed by atoms with Crippen molar-refractivity contribution in [3.05, 3.63) is 80.8 Å². The highest BCUT2D eigenvalue weighted by Gasteiger charge is 2.20. The number of thiazole rings is 1. The van der Waals surface area contributed by atoms with Crippen LogP contribution in [0.1, 0.15) is 29.7 Å². The second-order valence-electron chi connectivity index (χ2n) is 6.80. The molecule has 0 fully saturated rings. The lowest BCUT2D eigenvalue weighted by atomic mass is 10.2. The number of carbonyl (C=O) groups excluding carboxylic acids is 1. The molecular formula is C22H19ClN4O2S. The molecule has 0 aliphatic rings. The minimum Gasteiger partial charge on any atom is -0.330 e. The summed E-state index contributed by atoms with van der Waals surface area (Å²) in [4.78, 5) is 39.0. The van der Waals surface area contributed by atoms with Gasteiger partial charge in [0, 0.05) is 22.5 Å². The predicted molar refractivity (Wildman–Crippen MR) is 120 cm³/mol. The maximum Gasteiger partial charge on any atom is 0.273 e. The highest BCUT2D eigenvalue weighted by molar-refractivity contribution is 7.13. The number of fused-ring (bicyclic) bond motifs is 1. The number of carbonyl (C=O) groups is 1. The zero-order valence-corrected chi connectivity index (χ0v) is 17.8. The van der Waals surface area contributed by atoms with Crippen LogP contribution in [0.15, 0.2) is 58.7 Å². The number of nitrogens with zero attached hydrogens (tertiary/aromatic N) is 3. The topological polar surface area (TPSA) is 79.0 Å². The normalized spacial score (nSPS) is 11.0. The number of rotatable bonds is 6. The van der Waals surface area contributed by atoms with Crippen LogP contribution in [0.3, 0.4) is 0 Å². The van der Waals surface area contributed by atoms with Crippen LogP contribution >= 0.6 is 22.9 Å². The Kier molecular flexibility index (Phi) is 5.92. The van der Waals surface area contributed by atoms with Gasteiger partial charge in [-0.1, -0.05) is 48.9 Å². The van der Waals surface area contributed by atoms with E-state index in [1.165, 1.54) is 11.3 Å². The number of H-pyrrole nitrogens is 1. The Morgan fingerprint density at radius 1 is 1.17 bits per heavy atom. The highest BCUT2D eigenvalue weighted by atomic mass is 35.5. The van der Waals surface area contributed by atoms with Gasteiger partial charge in [0.2, 0.25) is 0 Å². The summed E-state index contributed by atoms with van der Waals surface area (Å²) in [7, 11) is 0. The van der Waals surface area contributed by atoms with Gasteiger partial charge in [-0.15, -0.1) is 11.3 Å². The van der Waals surface area contributed by atoms with Gasteiger partial charge in [0.1, 0.15) is 16.5 Å². The summed E-state index contributed by atoms with van der Waals surface area (Å²) in [6.45, 7) is 2.70. The van der Waals surface area contributed by atoms with E-state index >= 15 is 0 Å². The van der Waals surface area contributed by atoms with Crippen molar-refractivity contribution in [2.45, 2.75) is 19.9 Å². The Morgan fingerprint density at radius 3 is 2.73 bits per heavy atom. The van der Waals surface area contributed by atoms with E-state index in [4.69, 9.17) is 11.6 Å². The smallest absolute Gasteiger partial charge is 0.273 e. The average Bonchev–Trinajstić information content (AvgIpc) is 3.23. The molecule has 0 aliphatic carbocycles. The van der Waals surface area contributed by atoms with Crippen LogP contribution in [-0.4, -0.2) is 32.3 Å². The lowest BCUT2D eigenvalue weighted by Crippen LogP contribution is -2.33. The van der Waals surface area contributed by atoms with E-state index in [9.17, 15) is 9.59 Å². The lowest BCUT2D eigenvalue weighted by Gasteiger charge is -2.20. The Balaban J connectivity index is 1.61. The van der Waals surface area contributed by atoms with E-state index in [2.05, 4.69) is 15.0 Å². The number of hydrogen-bond donors (Lipinski definition) is 1. The van der Waals surface area contributed by atoms with E-state index in [0.29, 0.717) is 34.0 Å². The van der Waals surface area contributed by atoms with E-state index < -0.39 is 0 Å². The number of nitrogens with one attached hydrogen (secondary N) is 1. The number of halogens is 1. The predicted octanol–water partition coefficient (Wildman–Crippen LogP) is 4.75. The molecule has 30 heavy (non-hydrogen) atoms. The van der Waals surface area contributed by atoms with E-state index in [0.717, 1.165) is 17.0 Å². The van der Waals surface area contributed by atoms with Gasteiger partial charge in [0.15, 0.2) is 0 Å². The van der Waals surface area contributed by atoms with Crippen molar-refractivity contribution in [2.75, 3.05) is 6.54 Å². The van der Waals surface area contributed by atoms with Crippen LogP contribution in [-0.2, 0) is 6.54 Å². The van der Waals surface area contributed by atoms with Crippen LogP contribution in [0.4, 0.5) is 0 Å². The zero-order valence-electron chi connectivity index (χ0n) is 16.3. The fraction of sp³-hybridized carbons (Fsp3) is 0.182. The largest absolute Gasteiger partial charge is 0.330 e. The maximum atomic E-state index is 13.1. The molecule has 2 aromatic carbocycles. The van der Waals surface area contributed by atoms with Crippen LogP contribution in [0.2, 0.25) is 5.02 Å². The Bertz CT molecular complexity index is 1250. The first kappa shape index (κ1) is 20.3. The van der Waals surface area contributed by atoms with Crippen molar-refractivity contribution >= 4 is 39.7 Å². The maximum absolute atomic E-state index is 13.1. The first-order valence-electron chi connectivity index (χ1n) is 9.54. The molecule has 8 heteroatoms. The summed E-state index contributed by atoms with van der Waals surface area (Å²) >= 11 is 7.47. The van der Waals surface area contributed by atoms with E-state index in [1.54, 1.807) is 28.5 Å². The molecule has 0 spiro atoms. The van der Waals surface area contributed by atoms with Crippen molar-refractivity contribution in [2.24, 2.45) is 0 Å². The fourth-order valence-electron chi connectivity index (χ4n) is 3.19. The molecule has 0 bridgehead atoms. The van der Waals surface area contributed by atoms with Crippen molar-refractivity contribution in [3.8, 4) is 10.6 Å². The molecule has 1 amide bonds. The molecule has 0 aliphatic heterocycles. The SMILES string of the molecule is CCCN(Cc1nc2cc(Cl)ccc2c(=O)[nH]1)C(=O)c1csc(-c2ccccc2)n1. The number of aromatic amines is 1. The molecule has 152 valence electrons. The number of hydrogen-bond acceptors (Lipinski definition) is 5. The quantitative estimate of drug-likeness (QED) is 0.471. The molecule has 0 unspecified atom stereocenters. The molecular weight excluding hydrogens is 420 g/mol. The Morgan fingerprint density at radius 2 is 1.97 bits per heavy atom. The average molecular weight is 439 g/mol. The molecule has 6 nitrogen and oxygen atoms in total. The molecule has 1 N–H and O–H groups in total. The van der Waals surface area contributed by atoms with Gasteiger partial charge in [-0.05, 0) is 24.6 Å². The van der Waals surface area contributed by atoms with Crippen molar-refractivity contribution in [1.29, 1.82) is 0 Å². The standard InChI is InChI=1S/C22H19ClN4O2S/c1-2-10-27(12-19-24-17-11-15(23)8-9-16(17)20(28)26-19)22(29)18-13-30-21(25-18)14-6-4-3-5-7-14/h3-9,11,13H,2,10,12H2,1H3,(H,24,26,28). The summed E-state index contributed by atoms with van der Waals surface area (Å²) in [5.41, 5.74) is 1.61. The van der Waals surface area contributed by atoms with Crippen LogP contribution in [0.25, 0.3) is 21.5 Å². The van der Waals surface area contributed by atoms with Crippen LogP contribution < -0.4 is 5.56 Å². The van der Waals surface area contributed by atoms with Crippen LogP contribution in [0, 0.1) is 0 Å². The van der Waals surface area contributed by atoms with Crippen molar-refractivity contribution in [1.82, 2.24) is 19.9 Å². The second-order valence-corrected chi connectivity index (χ2v) is 8.10. The van der Waals surface area contributed by atoms with Gasteiger partial charge in [-0.25, -0.2) is 9.97 Å². The molecule has 0 saturated heterocycles. The molecule has 2 heterocycles. The van der Waals surface area contributed by atoms with Gasteiger partial charge >= 0.3 is 0 Å². The summed E-state index contributed by atoms with van der Waals surface area (Å²) in [5, 5.41) is 3.53. The van der Waals surface area contributed by atoms with Gasteiger partial charge in [0.05, 0.1) is 17.4 Å². The van der Waals surface area contributed by atoms with E-state index in [1.807, 2.05) is 37.3 Å². The van der Waals surface area contributed by atoms with Gasteiger partial charge in [-0.3, -0.25) is 9.59 Å². The van der Waals surface area contributed by atoms with Gasteiger partial charge in [0.25, 0.3) is 11.5 Å². The van der Waals surface area contributed by atoms with Crippen LogP contribution in [0.5, 0.6) is 0 Å². The number of amides is 1. The minimum atomic E-state index is -0.254. The molecule has 4 rings (SSSR count). The lowest BCUT2D eigenvalue weighted by molar-refractivity contribution is 0.0734. The summed E-state index contributed by atoms with van der Waals surface area (Å²) in [6.07, 6.45) is 0.769. The Hall–Kier alpha value is -3.03. The monoisotopic (exact) mass is 438 g/mol. The minimum absolute atomic E-state index is 0.183. The summed E-state index contributed by atoms with van der Waals surface area (Å²) < 4.78 is 0. The third-order valence-corrected chi connectivity index (χ3v) is 5.71. The third kappa shape index (κ3) is 4.27. The summed E-state index contributed by atoms with van der Waals surface area (Å²) in [6, 6.07) is 14.7. The first-order chi connectivity index (χ1) is 14.5. The molecule has 2 aromatic heterocycles. The molecule has 0 saturated carbocycles. The summed E-state index contributed by atoms with van der Waals surface area (Å²) in [5.74, 6) is 0.221. The van der Waals surface area contributed by atoms with E-state index in [-0.39, 0.29) is 18.0 Å². The highest BCUT2D eigenvalue weighted by Crippen LogP contribution is 2.24.